The Balaban J connectivity index is 2.17. The van der Waals surface area contributed by atoms with Crippen molar-refractivity contribution >= 4 is 5.69 Å². The van der Waals surface area contributed by atoms with Gasteiger partial charge in [0, 0.05) is 25.3 Å². The van der Waals surface area contributed by atoms with Crippen molar-refractivity contribution < 1.29 is 13.2 Å². The average Bonchev–Trinajstić information content (AvgIpc) is 2.53. The van der Waals surface area contributed by atoms with Crippen molar-refractivity contribution in [1.29, 1.82) is 0 Å². The molecule has 2 nitrogen and oxygen atoms in total. The van der Waals surface area contributed by atoms with E-state index in [1.807, 2.05) is 11.9 Å². The van der Waals surface area contributed by atoms with Crippen molar-refractivity contribution in [2.75, 3.05) is 38.1 Å². The van der Waals surface area contributed by atoms with Gasteiger partial charge in [0.15, 0.2) is 0 Å². The van der Waals surface area contributed by atoms with E-state index in [0.29, 0.717) is 5.69 Å². The fourth-order valence-corrected chi connectivity index (χ4v) is 2.18. The van der Waals surface area contributed by atoms with Crippen molar-refractivity contribution in [2.45, 2.75) is 12.6 Å². The zero-order valence-corrected chi connectivity index (χ0v) is 10.4. The van der Waals surface area contributed by atoms with Crippen molar-refractivity contribution in [3.8, 4) is 0 Å². The highest BCUT2D eigenvalue weighted by molar-refractivity contribution is 5.49. The number of rotatable bonds is 1. The molecular weight excluding hydrogens is 241 g/mol. The van der Waals surface area contributed by atoms with Gasteiger partial charge in [-0.05, 0) is 38.2 Å². The third-order valence-corrected chi connectivity index (χ3v) is 3.26. The maximum atomic E-state index is 12.7. The molecule has 2 rings (SSSR count). The molecule has 1 saturated heterocycles. The number of halogens is 3. The Labute approximate surface area is 105 Å². The lowest BCUT2D eigenvalue weighted by atomic mass is 10.1. The van der Waals surface area contributed by atoms with Crippen LogP contribution in [0, 0.1) is 0 Å². The number of anilines is 1. The van der Waals surface area contributed by atoms with Crippen LogP contribution < -0.4 is 4.90 Å². The molecule has 0 spiro atoms. The zero-order chi connectivity index (χ0) is 13.2. The van der Waals surface area contributed by atoms with Gasteiger partial charge in [0.1, 0.15) is 0 Å². The lowest BCUT2D eigenvalue weighted by molar-refractivity contribution is -0.137. The van der Waals surface area contributed by atoms with Gasteiger partial charge in [-0.15, -0.1) is 0 Å². The van der Waals surface area contributed by atoms with Crippen LogP contribution in [0.4, 0.5) is 18.9 Å². The van der Waals surface area contributed by atoms with E-state index in [4.69, 9.17) is 0 Å². The molecule has 1 aromatic rings. The van der Waals surface area contributed by atoms with E-state index in [2.05, 4.69) is 4.90 Å². The molecule has 0 radical (unpaired) electrons. The van der Waals surface area contributed by atoms with Crippen LogP contribution in [-0.2, 0) is 6.18 Å². The maximum Gasteiger partial charge on any atom is 0.416 e. The van der Waals surface area contributed by atoms with Gasteiger partial charge in [-0.2, -0.15) is 13.2 Å². The number of nitrogens with zero attached hydrogens (tertiary/aromatic N) is 2. The van der Waals surface area contributed by atoms with Gasteiger partial charge < -0.3 is 9.80 Å². The first-order chi connectivity index (χ1) is 8.47. The molecule has 1 aromatic carbocycles. The first kappa shape index (κ1) is 13.2. The van der Waals surface area contributed by atoms with Gasteiger partial charge in [0.2, 0.25) is 0 Å². The topological polar surface area (TPSA) is 6.48 Å². The summed E-state index contributed by atoms with van der Waals surface area (Å²) in [6.45, 7) is 3.47. The molecular formula is C13H17F3N2. The van der Waals surface area contributed by atoms with E-state index in [1.165, 1.54) is 12.1 Å². The largest absolute Gasteiger partial charge is 0.416 e. The van der Waals surface area contributed by atoms with Crippen LogP contribution in [-0.4, -0.2) is 38.1 Å². The predicted molar refractivity (Wildman–Crippen MR) is 65.8 cm³/mol. The average molecular weight is 258 g/mol. The summed E-state index contributed by atoms with van der Waals surface area (Å²) in [6.07, 6.45) is -3.29. The number of hydrogen-bond donors (Lipinski definition) is 0. The Kier molecular flexibility index (Phi) is 3.80. The second-order valence-electron chi connectivity index (χ2n) is 4.69. The van der Waals surface area contributed by atoms with Crippen molar-refractivity contribution in [1.82, 2.24) is 4.90 Å². The molecule has 1 heterocycles. The highest BCUT2D eigenvalue weighted by Crippen LogP contribution is 2.31. The molecule has 0 aromatic heterocycles. The van der Waals surface area contributed by atoms with Gasteiger partial charge in [0.25, 0.3) is 0 Å². The molecule has 1 aliphatic rings. The zero-order valence-electron chi connectivity index (χ0n) is 10.4. The van der Waals surface area contributed by atoms with Gasteiger partial charge in [-0.25, -0.2) is 0 Å². The molecule has 1 aliphatic heterocycles. The van der Waals surface area contributed by atoms with Crippen molar-refractivity contribution in [2.24, 2.45) is 0 Å². The summed E-state index contributed by atoms with van der Waals surface area (Å²) >= 11 is 0. The van der Waals surface area contributed by atoms with Gasteiger partial charge in [-0.1, -0.05) is 6.07 Å². The summed E-state index contributed by atoms with van der Waals surface area (Å²) in [4.78, 5) is 4.23. The Morgan fingerprint density at radius 2 is 1.83 bits per heavy atom. The van der Waals surface area contributed by atoms with Crippen molar-refractivity contribution in [3.63, 3.8) is 0 Å². The fourth-order valence-electron chi connectivity index (χ4n) is 2.18. The van der Waals surface area contributed by atoms with Gasteiger partial charge >= 0.3 is 6.18 Å². The van der Waals surface area contributed by atoms with Crippen LogP contribution in [0.25, 0.3) is 0 Å². The maximum absolute atomic E-state index is 12.7. The molecule has 0 atom stereocenters. The molecule has 0 bridgehead atoms. The quantitative estimate of drug-likeness (QED) is 0.764. The standard InChI is InChI=1S/C13H17F3N2/c1-17-6-3-7-18(9-8-17)12-5-2-4-11(10-12)13(14,15)16/h2,4-5,10H,3,6-9H2,1H3. The normalized spacial score (nSPS) is 18.8. The van der Waals surface area contributed by atoms with E-state index < -0.39 is 11.7 Å². The summed E-state index contributed by atoms with van der Waals surface area (Å²) in [7, 11) is 2.04. The van der Waals surface area contributed by atoms with Crippen LogP contribution in [0.1, 0.15) is 12.0 Å². The molecule has 0 unspecified atom stereocenters. The third kappa shape index (κ3) is 3.16. The van der Waals surface area contributed by atoms with E-state index in [-0.39, 0.29) is 0 Å². The molecule has 100 valence electrons. The summed E-state index contributed by atoms with van der Waals surface area (Å²) < 4.78 is 38.0. The molecule has 18 heavy (non-hydrogen) atoms. The van der Waals surface area contributed by atoms with E-state index >= 15 is 0 Å². The minimum absolute atomic E-state index is 0.572. The first-order valence-corrected chi connectivity index (χ1v) is 6.07. The van der Waals surface area contributed by atoms with E-state index in [0.717, 1.165) is 38.7 Å². The Morgan fingerprint density at radius 1 is 1.06 bits per heavy atom. The highest BCUT2D eigenvalue weighted by Gasteiger charge is 2.30. The molecule has 0 saturated carbocycles. The Hall–Kier alpha value is -1.23. The van der Waals surface area contributed by atoms with E-state index in [1.54, 1.807) is 6.07 Å². The second kappa shape index (κ2) is 5.18. The number of likely N-dealkylation sites (N-methyl/N-ethyl adjacent to an activating group) is 1. The minimum atomic E-state index is -4.27. The van der Waals surface area contributed by atoms with Gasteiger partial charge in [-0.3, -0.25) is 0 Å². The van der Waals surface area contributed by atoms with Gasteiger partial charge in [0.05, 0.1) is 5.56 Å². The SMILES string of the molecule is CN1CCCN(c2cccc(C(F)(F)F)c2)CC1. The molecule has 0 amide bonds. The van der Waals surface area contributed by atoms with Crippen molar-refractivity contribution in [3.05, 3.63) is 29.8 Å². The Bertz CT molecular complexity index is 403. The number of hydrogen-bond acceptors (Lipinski definition) is 2. The minimum Gasteiger partial charge on any atom is -0.370 e. The van der Waals surface area contributed by atoms with Crippen LogP contribution in [0.15, 0.2) is 24.3 Å². The van der Waals surface area contributed by atoms with E-state index in [9.17, 15) is 13.2 Å². The summed E-state index contributed by atoms with van der Waals surface area (Å²) in [5.74, 6) is 0. The second-order valence-corrected chi connectivity index (χ2v) is 4.69. The third-order valence-electron chi connectivity index (χ3n) is 3.26. The lowest BCUT2D eigenvalue weighted by Gasteiger charge is -2.23. The molecule has 0 N–H and O–H groups in total. The summed E-state index contributed by atoms with van der Waals surface area (Å²) in [6, 6.07) is 5.59. The van der Waals surface area contributed by atoms with Crippen LogP contribution in [0.3, 0.4) is 0 Å². The molecule has 0 aliphatic carbocycles. The van der Waals surface area contributed by atoms with Crippen LogP contribution in [0.2, 0.25) is 0 Å². The monoisotopic (exact) mass is 258 g/mol. The first-order valence-electron chi connectivity index (χ1n) is 6.07. The smallest absolute Gasteiger partial charge is 0.370 e. The fraction of sp³-hybridized carbons (Fsp3) is 0.538. The Morgan fingerprint density at radius 3 is 2.56 bits per heavy atom. The van der Waals surface area contributed by atoms with Crippen LogP contribution in [0.5, 0.6) is 0 Å². The predicted octanol–water partition coefficient (Wildman–Crippen LogP) is 2.85. The summed E-state index contributed by atoms with van der Waals surface area (Å²) in [5.41, 5.74) is 0.0951. The highest BCUT2D eigenvalue weighted by atomic mass is 19.4. The summed E-state index contributed by atoms with van der Waals surface area (Å²) in [5, 5.41) is 0. The lowest BCUT2D eigenvalue weighted by Crippen LogP contribution is -2.28. The molecule has 1 fully saturated rings. The number of benzene rings is 1. The molecule has 5 heteroatoms. The number of alkyl halides is 3. The van der Waals surface area contributed by atoms with Crippen LogP contribution >= 0.6 is 0 Å².